The molecule has 1 unspecified atom stereocenters. The maximum absolute atomic E-state index is 5.88. The lowest BCUT2D eigenvalue weighted by molar-refractivity contribution is 0.302. The van der Waals surface area contributed by atoms with Gasteiger partial charge in [-0.25, -0.2) is 0 Å². The van der Waals surface area contributed by atoms with Gasteiger partial charge in [0.05, 0.1) is 17.8 Å². The van der Waals surface area contributed by atoms with Crippen LogP contribution in [0, 0.1) is 0 Å². The van der Waals surface area contributed by atoms with Crippen LogP contribution in [0.5, 0.6) is 5.75 Å². The summed E-state index contributed by atoms with van der Waals surface area (Å²) in [6.07, 6.45) is 4.63. The van der Waals surface area contributed by atoms with E-state index in [2.05, 4.69) is 41.5 Å². The van der Waals surface area contributed by atoms with Crippen molar-refractivity contribution in [2.24, 2.45) is 0 Å². The van der Waals surface area contributed by atoms with Crippen LogP contribution in [0.3, 0.4) is 0 Å². The third kappa shape index (κ3) is 3.17. The molecule has 2 aromatic rings. The Labute approximate surface area is 120 Å². The maximum atomic E-state index is 5.88. The first-order valence-corrected chi connectivity index (χ1v) is 7.27. The minimum absolute atomic E-state index is 0.115. The molecule has 3 nitrogen and oxygen atoms in total. The Kier molecular flexibility index (Phi) is 3.97. The molecule has 1 aliphatic rings. The van der Waals surface area contributed by atoms with Gasteiger partial charge < -0.3 is 10.1 Å². The molecule has 0 aliphatic heterocycles. The van der Waals surface area contributed by atoms with E-state index in [0.717, 1.165) is 18.0 Å². The molecule has 0 bridgehead atoms. The van der Waals surface area contributed by atoms with Crippen molar-refractivity contribution in [1.29, 1.82) is 0 Å². The van der Waals surface area contributed by atoms with Crippen molar-refractivity contribution in [3.05, 3.63) is 59.9 Å². The number of ether oxygens (including phenoxy) is 1. The molecule has 0 saturated heterocycles. The number of nitrogens with one attached hydrogen (secondary N) is 1. The lowest BCUT2D eigenvalue weighted by Crippen LogP contribution is -2.22. The molecule has 1 aromatic carbocycles. The van der Waals surface area contributed by atoms with Gasteiger partial charge in [0, 0.05) is 6.20 Å². The molecular formula is C17H20N2O. The van der Waals surface area contributed by atoms with Gasteiger partial charge in [-0.15, -0.1) is 0 Å². The van der Waals surface area contributed by atoms with Crippen molar-refractivity contribution >= 4 is 0 Å². The molecule has 0 spiro atoms. The number of aromatic nitrogens is 1. The van der Waals surface area contributed by atoms with Crippen molar-refractivity contribution in [3.63, 3.8) is 0 Å². The smallest absolute Gasteiger partial charge is 0.120 e. The molecule has 1 saturated carbocycles. The van der Waals surface area contributed by atoms with Gasteiger partial charge in [-0.05, 0) is 49.2 Å². The monoisotopic (exact) mass is 268 g/mol. The van der Waals surface area contributed by atoms with E-state index in [0.29, 0.717) is 6.10 Å². The van der Waals surface area contributed by atoms with Crippen LogP contribution in [-0.4, -0.2) is 17.6 Å². The summed E-state index contributed by atoms with van der Waals surface area (Å²) in [4.78, 5) is 4.47. The summed E-state index contributed by atoms with van der Waals surface area (Å²) >= 11 is 0. The van der Waals surface area contributed by atoms with Crippen LogP contribution in [0.15, 0.2) is 48.7 Å². The highest BCUT2D eigenvalue weighted by Crippen LogP contribution is 2.29. The largest absolute Gasteiger partial charge is 0.490 e. The summed E-state index contributed by atoms with van der Waals surface area (Å²) in [5, 5.41) is 3.49. The van der Waals surface area contributed by atoms with E-state index in [1.807, 2.05) is 24.4 Å². The van der Waals surface area contributed by atoms with Gasteiger partial charge in [0.15, 0.2) is 0 Å². The van der Waals surface area contributed by atoms with Crippen LogP contribution < -0.4 is 10.1 Å². The third-order valence-corrected chi connectivity index (χ3v) is 3.41. The molecule has 104 valence electrons. The summed E-state index contributed by atoms with van der Waals surface area (Å²) in [5.41, 5.74) is 2.24. The van der Waals surface area contributed by atoms with E-state index >= 15 is 0 Å². The minimum Gasteiger partial charge on any atom is -0.490 e. The Morgan fingerprint density at radius 2 is 2.15 bits per heavy atom. The van der Waals surface area contributed by atoms with Gasteiger partial charge in [-0.1, -0.05) is 25.1 Å². The Morgan fingerprint density at radius 3 is 2.85 bits per heavy atom. The fourth-order valence-corrected chi connectivity index (χ4v) is 2.29. The lowest BCUT2D eigenvalue weighted by Gasteiger charge is -2.18. The van der Waals surface area contributed by atoms with Gasteiger partial charge in [0.25, 0.3) is 0 Å². The van der Waals surface area contributed by atoms with E-state index in [1.165, 1.54) is 18.4 Å². The van der Waals surface area contributed by atoms with Crippen LogP contribution in [0.25, 0.3) is 0 Å². The van der Waals surface area contributed by atoms with Crippen LogP contribution >= 0.6 is 0 Å². The Hall–Kier alpha value is -1.87. The first-order valence-electron chi connectivity index (χ1n) is 7.27. The van der Waals surface area contributed by atoms with Gasteiger partial charge >= 0.3 is 0 Å². The quantitative estimate of drug-likeness (QED) is 0.872. The van der Waals surface area contributed by atoms with Crippen LogP contribution in [0.2, 0.25) is 0 Å². The zero-order valence-corrected chi connectivity index (χ0v) is 11.8. The topological polar surface area (TPSA) is 34.1 Å². The predicted octanol–water partition coefficient (Wildman–Crippen LogP) is 3.32. The molecular weight excluding hydrogens is 248 g/mol. The number of benzene rings is 1. The Bertz CT molecular complexity index is 552. The van der Waals surface area contributed by atoms with Crippen molar-refractivity contribution < 1.29 is 4.74 Å². The average Bonchev–Trinajstić information content (AvgIpc) is 3.30. The van der Waals surface area contributed by atoms with Gasteiger partial charge in [0.1, 0.15) is 5.75 Å². The van der Waals surface area contributed by atoms with Gasteiger partial charge in [0.2, 0.25) is 0 Å². The highest BCUT2D eigenvalue weighted by molar-refractivity contribution is 5.35. The molecule has 1 atom stereocenters. The fraction of sp³-hybridized carbons (Fsp3) is 0.353. The summed E-state index contributed by atoms with van der Waals surface area (Å²) in [6, 6.07) is 14.5. The molecule has 0 radical (unpaired) electrons. The van der Waals surface area contributed by atoms with Gasteiger partial charge in [-0.2, -0.15) is 0 Å². The zero-order chi connectivity index (χ0) is 13.8. The Morgan fingerprint density at radius 1 is 1.25 bits per heavy atom. The second-order valence-electron chi connectivity index (χ2n) is 5.13. The number of rotatable bonds is 6. The lowest BCUT2D eigenvalue weighted by atomic mass is 10.0. The highest BCUT2D eigenvalue weighted by Gasteiger charge is 2.24. The fourth-order valence-electron chi connectivity index (χ4n) is 2.29. The zero-order valence-electron chi connectivity index (χ0n) is 11.8. The molecule has 20 heavy (non-hydrogen) atoms. The van der Waals surface area contributed by atoms with Crippen molar-refractivity contribution in [3.8, 4) is 5.75 Å². The second-order valence-corrected chi connectivity index (χ2v) is 5.13. The van der Waals surface area contributed by atoms with Crippen LogP contribution in [0.1, 0.15) is 37.1 Å². The number of pyridine rings is 1. The molecule has 3 heteroatoms. The van der Waals surface area contributed by atoms with E-state index in [4.69, 9.17) is 4.74 Å². The molecule has 1 N–H and O–H groups in total. The standard InChI is InChI=1S/C17H20N2O/c1-2-18-17(16-8-3-4-11-19-16)13-6-5-7-15(12-13)20-14-9-10-14/h3-8,11-12,14,17-18H,2,9-10H2,1H3. The summed E-state index contributed by atoms with van der Waals surface area (Å²) in [7, 11) is 0. The third-order valence-electron chi connectivity index (χ3n) is 3.41. The molecule has 1 aliphatic carbocycles. The van der Waals surface area contributed by atoms with Crippen LogP contribution in [0.4, 0.5) is 0 Å². The van der Waals surface area contributed by atoms with Crippen molar-refractivity contribution in [2.75, 3.05) is 6.54 Å². The molecule has 0 amide bonds. The predicted molar refractivity (Wildman–Crippen MR) is 79.8 cm³/mol. The van der Waals surface area contributed by atoms with Gasteiger partial charge in [-0.3, -0.25) is 4.98 Å². The summed E-state index contributed by atoms with van der Waals surface area (Å²) in [5.74, 6) is 0.962. The summed E-state index contributed by atoms with van der Waals surface area (Å²) < 4.78 is 5.88. The number of nitrogens with zero attached hydrogens (tertiary/aromatic N) is 1. The number of hydrogen-bond acceptors (Lipinski definition) is 3. The summed E-state index contributed by atoms with van der Waals surface area (Å²) in [6.45, 7) is 3.01. The normalized spacial score (nSPS) is 15.8. The van der Waals surface area contributed by atoms with Crippen molar-refractivity contribution in [2.45, 2.75) is 31.9 Å². The minimum atomic E-state index is 0.115. The van der Waals surface area contributed by atoms with Crippen LogP contribution in [-0.2, 0) is 0 Å². The molecule has 1 heterocycles. The SMILES string of the molecule is CCNC(c1cccc(OC2CC2)c1)c1ccccn1. The van der Waals surface area contributed by atoms with E-state index in [9.17, 15) is 0 Å². The molecule has 3 rings (SSSR count). The second kappa shape index (κ2) is 6.06. The highest BCUT2D eigenvalue weighted by atomic mass is 16.5. The Balaban J connectivity index is 1.86. The van der Waals surface area contributed by atoms with E-state index < -0.39 is 0 Å². The molecule has 1 fully saturated rings. The first kappa shape index (κ1) is 13.1. The maximum Gasteiger partial charge on any atom is 0.120 e. The number of hydrogen-bond donors (Lipinski definition) is 1. The first-order chi connectivity index (χ1) is 9.86. The van der Waals surface area contributed by atoms with Crippen molar-refractivity contribution in [1.82, 2.24) is 10.3 Å². The molecule has 1 aromatic heterocycles. The average molecular weight is 268 g/mol. The van der Waals surface area contributed by atoms with E-state index in [-0.39, 0.29) is 6.04 Å². The van der Waals surface area contributed by atoms with E-state index in [1.54, 1.807) is 0 Å².